The largest absolute Gasteiger partial charge is 0.476 e. The molecule has 0 aliphatic heterocycles. The molecule has 0 radical (unpaired) electrons. The minimum Gasteiger partial charge on any atom is -0.476 e. The summed E-state index contributed by atoms with van der Waals surface area (Å²) in [7, 11) is 0.719. The summed E-state index contributed by atoms with van der Waals surface area (Å²) in [5, 5.41) is 5.14. The monoisotopic (exact) mass is 592 g/mol. The molecule has 0 aliphatic rings. The number of esters is 1. The van der Waals surface area contributed by atoms with Crippen molar-refractivity contribution in [2.24, 2.45) is 5.41 Å². The van der Waals surface area contributed by atoms with Crippen LogP contribution in [0.3, 0.4) is 0 Å². The van der Waals surface area contributed by atoms with Crippen LogP contribution in [0.5, 0.6) is 11.9 Å². The SMILES string of the molecule is COC(=O)C(C)(C)COc1cc(C)c(-c2ccc(-c3nc(OC(C)C)n(COCCS(C)(C)C)n3)c(Cl)c2)cn1. The lowest BCUT2D eigenvalue weighted by Crippen LogP contribution is -2.32. The Morgan fingerprint density at radius 3 is 2.48 bits per heavy atom. The molecule has 0 spiro atoms. The van der Waals surface area contributed by atoms with Crippen LogP contribution in [0.4, 0.5) is 0 Å². The van der Waals surface area contributed by atoms with Gasteiger partial charge in [-0.05, 0) is 76.6 Å². The average Bonchev–Trinajstić information content (AvgIpc) is 3.25. The maximum atomic E-state index is 11.9. The van der Waals surface area contributed by atoms with E-state index in [1.165, 1.54) is 7.11 Å². The molecule has 2 aromatic heterocycles. The van der Waals surface area contributed by atoms with Gasteiger partial charge in [-0.2, -0.15) is 9.67 Å². The molecular weight excluding hydrogens is 552 g/mol. The molecule has 9 nitrogen and oxygen atoms in total. The molecule has 0 aliphatic carbocycles. The predicted octanol–water partition coefficient (Wildman–Crippen LogP) is 6.00. The van der Waals surface area contributed by atoms with Crippen LogP contribution in [0.1, 0.15) is 33.3 Å². The number of pyridine rings is 1. The van der Waals surface area contributed by atoms with Crippen LogP contribution in [0.15, 0.2) is 30.5 Å². The maximum absolute atomic E-state index is 11.9. The molecule has 3 rings (SSSR count). The first-order valence-corrected chi connectivity index (χ1v) is 16.4. The van der Waals surface area contributed by atoms with Crippen molar-refractivity contribution in [3.8, 4) is 34.4 Å². The molecule has 40 heavy (non-hydrogen) atoms. The molecule has 0 N–H and O–H groups in total. The Kier molecular flexibility index (Phi) is 10.5. The number of aryl methyl sites for hydroxylation is 1. The summed E-state index contributed by atoms with van der Waals surface area (Å²) in [5.41, 5.74) is 2.66. The maximum Gasteiger partial charge on any atom is 0.317 e. The summed E-state index contributed by atoms with van der Waals surface area (Å²) >= 11 is 6.74. The average molecular weight is 593 g/mol. The molecule has 2 heterocycles. The zero-order valence-electron chi connectivity index (χ0n) is 24.9. The summed E-state index contributed by atoms with van der Waals surface area (Å²) in [6.45, 7) is 10.4. The molecule has 3 aromatic rings. The van der Waals surface area contributed by atoms with Crippen LogP contribution in [0, 0.1) is 12.3 Å². The molecule has 0 saturated carbocycles. The highest BCUT2D eigenvalue weighted by Crippen LogP contribution is 2.35. The zero-order valence-corrected chi connectivity index (χ0v) is 26.5. The Labute approximate surface area is 243 Å². The first-order valence-electron chi connectivity index (χ1n) is 13.0. The summed E-state index contributed by atoms with van der Waals surface area (Å²) in [4.78, 5) is 21.0. The van der Waals surface area contributed by atoms with Gasteiger partial charge in [-0.3, -0.25) is 4.79 Å². The summed E-state index contributed by atoms with van der Waals surface area (Å²) in [5.74, 6) is 1.56. The fourth-order valence-corrected chi connectivity index (χ4v) is 4.53. The second-order valence-electron chi connectivity index (χ2n) is 11.4. The van der Waals surface area contributed by atoms with Gasteiger partial charge in [-0.1, -0.05) is 17.7 Å². The first kappa shape index (κ1) is 31.7. The number of aromatic nitrogens is 4. The quantitative estimate of drug-likeness (QED) is 0.176. The number of methoxy groups -OCH3 is 1. The van der Waals surface area contributed by atoms with Gasteiger partial charge >= 0.3 is 12.0 Å². The Bertz CT molecular complexity index is 1320. The van der Waals surface area contributed by atoms with E-state index in [4.69, 9.17) is 30.5 Å². The third kappa shape index (κ3) is 8.59. The van der Waals surface area contributed by atoms with Crippen LogP contribution in [-0.4, -0.2) is 76.7 Å². The van der Waals surface area contributed by atoms with Gasteiger partial charge in [0.15, 0.2) is 5.82 Å². The van der Waals surface area contributed by atoms with E-state index in [1.807, 2.05) is 45.0 Å². The van der Waals surface area contributed by atoms with Crippen LogP contribution in [0.2, 0.25) is 5.02 Å². The van der Waals surface area contributed by atoms with Crippen LogP contribution in [0.25, 0.3) is 22.5 Å². The molecule has 0 atom stereocenters. The number of ether oxygens (including phenoxy) is 4. The van der Waals surface area contributed by atoms with Crippen LogP contribution in [-0.2, 0) is 21.0 Å². The molecule has 1 aromatic carbocycles. The highest BCUT2D eigenvalue weighted by Gasteiger charge is 2.30. The lowest BCUT2D eigenvalue weighted by Gasteiger charge is -2.24. The number of carbonyl (C=O) groups is 1. The molecule has 0 bridgehead atoms. The van der Waals surface area contributed by atoms with Gasteiger partial charge in [0, 0.05) is 29.1 Å². The Hall–Kier alpha value is -2.82. The smallest absolute Gasteiger partial charge is 0.317 e. The Morgan fingerprint density at radius 1 is 1.15 bits per heavy atom. The van der Waals surface area contributed by atoms with E-state index in [2.05, 4.69) is 33.8 Å². The van der Waals surface area contributed by atoms with Gasteiger partial charge in [0.25, 0.3) is 0 Å². The summed E-state index contributed by atoms with van der Waals surface area (Å²) in [6.07, 6.45) is 8.45. The second-order valence-corrected chi connectivity index (χ2v) is 16.4. The van der Waals surface area contributed by atoms with E-state index >= 15 is 0 Å². The first-order chi connectivity index (χ1) is 18.7. The van der Waals surface area contributed by atoms with Crippen LogP contribution < -0.4 is 9.47 Å². The fraction of sp³-hybridized carbons (Fsp3) is 0.517. The van der Waals surface area contributed by atoms with Gasteiger partial charge in [-0.25, -0.2) is 15.0 Å². The number of hydrogen-bond donors (Lipinski definition) is 0. The van der Waals surface area contributed by atoms with Crippen molar-refractivity contribution in [2.75, 3.05) is 44.8 Å². The van der Waals surface area contributed by atoms with E-state index in [1.54, 1.807) is 24.7 Å². The molecule has 0 amide bonds. The Balaban J connectivity index is 1.79. The van der Waals surface area contributed by atoms with Gasteiger partial charge in [0.05, 0.1) is 30.3 Å². The van der Waals surface area contributed by atoms with E-state index in [0.29, 0.717) is 34.9 Å². The standard InChI is InChI=1S/C29H41ClN4O5S/c1-19(2)39-28-32-26(33-34(28)18-37-12-13-40(7,8)9)22-11-10-21(15-24(22)30)23-16-31-25(14-20(23)3)38-17-29(4,5)27(35)36-6/h10-11,14-16,19H,12-13,17-18H2,1-9H3. The summed E-state index contributed by atoms with van der Waals surface area (Å²) in [6, 6.07) is 7.94. The predicted molar refractivity (Wildman–Crippen MR) is 162 cm³/mol. The number of carbonyl (C=O) groups excluding carboxylic acids is 1. The van der Waals surface area contributed by atoms with Gasteiger partial charge < -0.3 is 18.9 Å². The lowest BCUT2D eigenvalue weighted by molar-refractivity contribution is -0.152. The summed E-state index contributed by atoms with van der Waals surface area (Å²) < 4.78 is 24.0. The Morgan fingerprint density at radius 2 is 1.88 bits per heavy atom. The third-order valence-corrected chi connectivity index (χ3v) is 7.66. The minimum absolute atomic E-state index is 0.0679. The minimum atomic E-state index is -0.785. The van der Waals surface area contributed by atoms with Crippen molar-refractivity contribution in [3.05, 3.63) is 41.0 Å². The van der Waals surface area contributed by atoms with E-state index in [-0.39, 0.29) is 25.4 Å². The van der Waals surface area contributed by atoms with Gasteiger partial charge in [-0.15, -0.1) is 5.10 Å². The third-order valence-electron chi connectivity index (χ3n) is 5.96. The van der Waals surface area contributed by atoms with Crippen molar-refractivity contribution in [1.82, 2.24) is 19.7 Å². The molecule has 0 unspecified atom stereocenters. The number of hydrogen-bond acceptors (Lipinski definition) is 8. The van der Waals surface area contributed by atoms with Crippen LogP contribution >= 0.6 is 21.6 Å². The topological polar surface area (TPSA) is 97.6 Å². The van der Waals surface area contributed by atoms with E-state index in [0.717, 1.165) is 22.4 Å². The fourth-order valence-electron chi connectivity index (χ4n) is 3.65. The number of nitrogens with zero attached hydrogens (tertiary/aromatic N) is 4. The lowest BCUT2D eigenvalue weighted by atomic mass is 9.95. The second kappa shape index (κ2) is 13.2. The van der Waals surface area contributed by atoms with Crippen molar-refractivity contribution in [1.29, 1.82) is 0 Å². The number of halogens is 1. The molecule has 220 valence electrons. The van der Waals surface area contributed by atoms with Gasteiger partial charge in [0.2, 0.25) is 5.88 Å². The van der Waals surface area contributed by atoms with E-state index < -0.39 is 15.4 Å². The zero-order chi connectivity index (χ0) is 29.7. The van der Waals surface area contributed by atoms with Crippen molar-refractivity contribution in [2.45, 2.75) is 47.5 Å². The van der Waals surface area contributed by atoms with Crippen molar-refractivity contribution in [3.63, 3.8) is 0 Å². The van der Waals surface area contributed by atoms with Gasteiger partial charge in [0.1, 0.15) is 13.3 Å². The van der Waals surface area contributed by atoms with Crippen molar-refractivity contribution >= 4 is 27.6 Å². The molecule has 0 saturated heterocycles. The number of rotatable bonds is 13. The van der Waals surface area contributed by atoms with Crippen molar-refractivity contribution < 1.29 is 23.7 Å². The molecular formula is C29H41ClN4O5S. The highest BCUT2D eigenvalue weighted by molar-refractivity contribution is 8.32. The number of benzene rings is 1. The van der Waals surface area contributed by atoms with E-state index in [9.17, 15) is 4.79 Å². The normalized spacial score (nSPS) is 12.5. The molecule has 11 heteroatoms. The highest BCUT2D eigenvalue weighted by atomic mass is 35.5. The molecule has 0 fully saturated rings.